The summed E-state index contributed by atoms with van der Waals surface area (Å²) in [6, 6.07) is 10.8. The summed E-state index contributed by atoms with van der Waals surface area (Å²) in [7, 11) is -4.13. The maximum atomic E-state index is 12.1. The summed E-state index contributed by atoms with van der Waals surface area (Å²) in [5.41, 5.74) is 1.91. The van der Waals surface area contributed by atoms with E-state index in [-0.39, 0.29) is 16.1 Å². The van der Waals surface area contributed by atoms with E-state index in [1.807, 2.05) is 10.3 Å². The monoisotopic (exact) mass is 399 g/mol. The summed E-state index contributed by atoms with van der Waals surface area (Å²) in [4.78, 5) is 23.4. The lowest BCUT2D eigenvalue weighted by Crippen LogP contribution is -2.41. The Kier molecular flexibility index (Phi) is 5.08. The largest absolute Gasteiger partial charge is 0.273 e. The number of nitrogens with one attached hydrogen (secondary N) is 2. The molecule has 0 spiro atoms. The zero-order valence-corrected chi connectivity index (χ0v) is 13.8. The lowest BCUT2D eigenvalue weighted by molar-refractivity contribution is -0.385. The van der Waals surface area contributed by atoms with Gasteiger partial charge < -0.3 is 0 Å². The van der Waals surface area contributed by atoms with Gasteiger partial charge >= 0.3 is 0 Å². The highest BCUT2D eigenvalue weighted by atomic mass is 79.9. The first-order valence-corrected chi connectivity index (χ1v) is 8.39. The van der Waals surface area contributed by atoms with E-state index in [4.69, 9.17) is 0 Å². The zero-order chi connectivity index (χ0) is 17.0. The minimum absolute atomic E-state index is 0.237. The van der Waals surface area contributed by atoms with Crippen molar-refractivity contribution >= 4 is 37.5 Å². The fraction of sp³-hybridized carbons (Fsp3) is 0. The van der Waals surface area contributed by atoms with Crippen molar-refractivity contribution in [3.8, 4) is 0 Å². The number of benzene rings is 2. The molecular formula is C13H10BrN3O5S. The highest BCUT2D eigenvalue weighted by Crippen LogP contribution is 2.17. The van der Waals surface area contributed by atoms with Crippen molar-refractivity contribution in [1.82, 2.24) is 10.3 Å². The molecule has 0 saturated carbocycles. The molecule has 0 aliphatic heterocycles. The third-order valence-corrected chi connectivity index (χ3v) is 4.46. The molecule has 0 aromatic heterocycles. The molecular weight excluding hydrogens is 390 g/mol. The van der Waals surface area contributed by atoms with Crippen LogP contribution in [0.1, 0.15) is 10.4 Å². The second-order valence-electron chi connectivity index (χ2n) is 4.32. The number of carbonyl (C=O) groups is 1. The molecule has 1 amide bonds. The van der Waals surface area contributed by atoms with Gasteiger partial charge in [0.15, 0.2) is 0 Å². The van der Waals surface area contributed by atoms with E-state index in [1.54, 1.807) is 12.1 Å². The topological polar surface area (TPSA) is 118 Å². The fourth-order valence-corrected chi connectivity index (χ4v) is 2.92. The number of amides is 1. The molecule has 0 bridgehead atoms. The first-order chi connectivity index (χ1) is 10.8. The number of halogens is 1. The number of non-ortho nitro benzene ring substituents is 1. The summed E-state index contributed by atoms with van der Waals surface area (Å²) in [5.74, 6) is -0.666. The van der Waals surface area contributed by atoms with E-state index in [0.29, 0.717) is 4.47 Å². The normalized spacial score (nSPS) is 11.0. The van der Waals surface area contributed by atoms with E-state index in [2.05, 4.69) is 15.9 Å². The van der Waals surface area contributed by atoms with E-state index in [1.165, 1.54) is 30.3 Å². The maximum Gasteiger partial charge on any atom is 0.270 e. The Labute approximate surface area is 139 Å². The molecule has 120 valence electrons. The molecule has 0 atom stereocenters. The first kappa shape index (κ1) is 17.1. The number of nitro benzene ring substituents is 1. The second kappa shape index (κ2) is 6.86. The predicted molar refractivity (Wildman–Crippen MR) is 85.0 cm³/mol. The van der Waals surface area contributed by atoms with E-state index in [9.17, 15) is 23.3 Å². The van der Waals surface area contributed by atoms with Crippen molar-refractivity contribution in [2.75, 3.05) is 0 Å². The summed E-state index contributed by atoms with van der Waals surface area (Å²) < 4.78 is 24.8. The van der Waals surface area contributed by atoms with Gasteiger partial charge in [0.1, 0.15) is 0 Å². The Hall–Kier alpha value is -2.30. The molecule has 2 aromatic rings. The summed E-state index contributed by atoms with van der Waals surface area (Å²) >= 11 is 3.20. The van der Waals surface area contributed by atoms with Crippen molar-refractivity contribution in [3.05, 3.63) is 68.7 Å². The van der Waals surface area contributed by atoms with Crippen LogP contribution in [-0.2, 0) is 10.0 Å². The Bertz CT molecular complexity index is 869. The predicted octanol–water partition coefficient (Wildman–Crippen LogP) is 1.98. The van der Waals surface area contributed by atoms with Gasteiger partial charge in [0.25, 0.3) is 21.6 Å². The second-order valence-corrected chi connectivity index (χ2v) is 6.92. The van der Waals surface area contributed by atoms with E-state index in [0.717, 1.165) is 6.07 Å². The molecule has 0 aliphatic rings. The highest BCUT2D eigenvalue weighted by molar-refractivity contribution is 9.10. The van der Waals surface area contributed by atoms with Crippen molar-refractivity contribution in [2.45, 2.75) is 4.90 Å². The minimum atomic E-state index is -4.13. The van der Waals surface area contributed by atoms with Gasteiger partial charge in [-0.25, -0.2) is 8.42 Å². The summed E-state index contributed by atoms with van der Waals surface area (Å²) in [5, 5.41) is 10.7. The average Bonchev–Trinajstić information content (AvgIpc) is 2.52. The third kappa shape index (κ3) is 4.34. The van der Waals surface area contributed by atoms with Gasteiger partial charge in [-0.3, -0.25) is 20.3 Å². The molecule has 0 saturated heterocycles. The molecule has 23 heavy (non-hydrogen) atoms. The van der Waals surface area contributed by atoms with Gasteiger partial charge in [0.05, 0.1) is 9.82 Å². The number of hydrogen-bond acceptors (Lipinski definition) is 5. The van der Waals surface area contributed by atoms with Crippen LogP contribution in [-0.4, -0.2) is 19.2 Å². The van der Waals surface area contributed by atoms with Crippen LogP contribution in [0.3, 0.4) is 0 Å². The summed E-state index contributed by atoms with van der Waals surface area (Å²) in [6.07, 6.45) is 0. The van der Waals surface area contributed by atoms with Crippen molar-refractivity contribution < 1.29 is 18.1 Å². The molecule has 2 N–H and O–H groups in total. The van der Waals surface area contributed by atoms with Gasteiger partial charge in [-0.1, -0.05) is 28.1 Å². The molecule has 8 nitrogen and oxygen atoms in total. The lowest BCUT2D eigenvalue weighted by Gasteiger charge is -2.08. The van der Waals surface area contributed by atoms with Crippen LogP contribution in [0.15, 0.2) is 57.9 Å². The number of rotatable bonds is 5. The Balaban J connectivity index is 2.14. The van der Waals surface area contributed by atoms with Gasteiger partial charge in [-0.05, 0) is 24.3 Å². The minimum Gasteiger partial charge on any atom is -0.273 e. The highest BCUT2D eigenvalue weighted by Gasteiger charge is 2.18. The van der Waals surface area contributed by atoms with Crippen molar-refractivity contribution in [1.29, 1.82) is 0 Å². The number of hydrazine groups is 1. The molecule has 0 radical (unpaired) electrons. The van der Waals surface area contributed by atoms with Crippen molar-refractivity contribution in [2.24, 2.45) is 0 Å². The Morgan fingerprint density at radius 2 is 1.83 bits per heavy atom. The fourth-order valence-electron chi connectivity index (χ4n) is 1.64. The number of carbonyl (C=O) groups excluding carboxylic acids is 1. The first-order valence-electron chi connectivity index (χ1n) is 6.12. The lowest BCUT2D eigenvalue weighted by atomic mass is 10.2. The van der Waals surface area contributed by atoms with Crippen molar-refractivity contribution in [3.63, 3.8) is 0 Å². The van der Waals surface area contributed by atoms with Crippen LogP contribution in [0.25, 0.3) is 0 Å². The molecule has 0 aliphatic carbocycles. The average molecular weight is 400 g/mol. The van der Waals surface area contributed by atoms with Crippen LogP contribution < -0.4 is 10.3 Å². The smallest absolute Gasteiger partial charge is 0.270 e. The van der Waals surface area contributed by atoms with Gasteiger partial charge in [-0.2, -0.15) is 0 Å². The molecule has 0 unspecified atom stereocenters. The van der Waals surface area contributed by atoms with Crippen LogP contribution in [0.2, 0.25) is 0 Å². The molecule has 2 rings (SSSR count). The van der Waals surface area contributed by atoms with E-state index < -0.39 is 20.9 Å². The third-order valence-electron chi connectivity index (χ3n) is 2.72. The van der Waals surface area contributed by atoms with E-state index >= 15 is 0 Å². The summed E-state index contributed by atoms with van der Waals surface area (Å²) in [6.45, 7) is 0. The zero-order valence-electron chi connectivity index (χ0n) is 11.4. The number of nitro groups is 1. The number of sulfonamides is 1. The molecule has 0 fully saturated rings. The molecule has 10 heteroatoms. The Morgan fingerprint density at radius 3 is 2.48 bits per heavy atom. The maximum absolute atomic E-state index is 12.1. The van der Waals surface area contributed by atoms with Crippen LogP contribution in [0, 0.1) is 10.1 Å². The molecule has 0 heterocycles. The number of nitrogens with zero attached hydrogens (tertiary/aromatic N) is 1. The molecule has 2 aromatic carbocycles. The van der Waals surface area contributed by atoms with Gasteiger partial charge in [0.2, 0.25) is 0 Å². The van der Waals surface area contributed by atoms with Crippen LogP contribution in [0.5, 0.6) is 0 Å². The number of hydrogen-bond donors (Lipinski definition) is 2. The quantitative estimate of drug-likeness (QED) is 0.588. The van der Waals surface area contributed by atoms with Gasteiger partial charge in [0, 0.05) is 22.2 Å². The standard InChI is InChI=1S/C13H10BrN3O5S/c14-10-4-1-3-9(7-10)13(18)15-16-23(21,22)12-6-2-5-11(8-12)17(19)20/h1-8,16H,(H,15,18). The van der Waals surface area contributed by atoms with Gasteiger partial charge in [-0.15, -0.1) is 4.83 Å². The SMILES string of the molecule is O=C(NNS(=O)(=O)c1cccc([N+](=O)[O-])c1)c1cccc(Br)c1. The van der Waals surface area contributed by atoms with Crippen LogP contribution in [0.4, 0.5) is 5.69 Å². The van der Waals surface area contributed by atoms with Crippen LogP contribution >= 0.6 is 15.9 Å². The Morgan fingerprint density at radius 1 is 1.13 bits per heavy atom.